The summed E-state index contributed by atoms with van der Waals surface area (Å²) in [4.78, 5) is 10.6. The van der Waals surface area contributed by atoms with Gasteiger partial charge in [-0.1, -0.05) is 11.8 Å². The topological polar surface area (TPSA) is 37.3 Å². The fourth-order valence-corrected chi connectivity index (χ4v) is 0.751. The Hall–Kier alpha value is -0.0200. The van der Waals surface area contributed by atoms with Gasteiger partial charge in [0.2, 0.25) is 0 Å². The van der Waals surface area contributed by atoms with Crippen molar-refractivity contribution in [3.63, 3.8) is 0 Å². The van der Waals surface area contributed by atoms with Gasteiger partial charge in [0.1, 0.15) is 0 Å². The second kappa shape index (κ2) is 4.82. The van der Waals surface area contributed by atoms with Crippen molar-refractivity contribution >= 4 is 16.9 Å². The molecular formula is C6H12O2S. The molecule has 0 aromatic heterocycles. The van der Waals surface area contributed by atoms with Crippen molar-refractivity contribution < 1.29 is 9.90 Å². The van der Waals surface area contributed by atoms with Gasteiger partial charge in [-0.2, -0.15) is 0 Å². The molecular weight excluding hydrogens is 136 g/mol. The molecule has 0 rings (SSSR count). The highest BCUT2D eigenvalue weighted by molar-refractivity contribution is 8.13. The first-order valence-corrected chi connectivity index (χ1v) is 4.14. The minimum absolute atomic E-state index is 0.149. The Kier molecular flexibility index (Phi) is 4.81. The summed E-state index contributed by atoms with van der Waals surface area (Å²) >= 11 is 1.22. The first kappa shape index (κ1) is 8.98. The van der Waals surface area contributed by atoms with Gasteiger partial charge in [0.05, 0.1) is 6.10 Å². The molecule has 1 unspecified atom stereocenters. The molecule has 9 heavy (non-hydrogen) atoms. The van der Waals surface area contributed by atoms with Gasteiger partial charge in [-0.15, -0.1) is 0 Å². The third-order valence-corrected chi connectivity index (χ3v) is 1.65. The first-order chi connectivity index (χ1) is 4.16. The standard InChI is InChI=1S/C6H12O2S/c1-5(7)3-4-6(8)9-2/h5,7H,3-4H2,1-2H3. The van der Waals surface area contributed by atoms with Gasteiger partial charge < -0.3 is 5.11 Å². The molecule has 2 nitrogen and oxygen atoms in total. The molecule has 0 aliphatic heterocycles. The van der Waals surface area contributed by atoms with Crippen LogP contribution in [0.2, 0.25) is 0 Å². The lowest BCUT2D eigenvalue weighted by atomic mass is 10.2. The normalized spacial score (nSPS) is 13.2. The molecule has 0 aromatic carbocycles. The first-order valence-electron chi connectivity index (χ1n) is 2.91. The zero-order valence-electron chi connectivity index (χ0n) is 5.76. The van der Waals surface area contributed by atoms with Gasteiger partial charge >= 0.3 is 0 Å². The minimum Gasteiger partial charge on any atom is -0.393 e. The fourth-order valence-electron chi connectivity index (χ4n) is 0.429. The number of aliphatic hydroxyl groups is 1. The molecule has 0 saturated carbocycles. The summed E-state index contributed by atoms with van der Waals surface area (Å²) in [7, 11) is 0. The van der Waals surface area contributed by atoms with Crippen molar-refractivity contribution in [3.05, 3.63) is 0 Å². The maximum absolute atomic E-state index is 10.6. The third kappa shape index (κ3) is 5.86. The molecule has 0 saturated heterocycles. The van der Waals surface area contributed by atoms with E-state index in [1.165, 1.54) is 11.8 Å². The van der Waals surface area contributed by atoms with Crippen LogP contribution in [-0.2, 0) is 4.79 Å². The highest BCUT2D eigenvalue weighted by atomic mass is 32.2. The summed E-state index contributed by atoms with van der Waals surface area (Å²) in [6.07, 6.45) is 2.48. The lowest BCUT2D eigenvalue weighted by Crippen LogP contribution is -2.02. The summed E-state index contributed by atoms with van der Waals surface area (Å²) in [5.74, 6) is 0. The van der Waals surface area contributed by atoms with Crippen LogP contribution in [0.4, 0.5) is 0 Å². The monoisotopic (exact) mass is 148 g/mol. The van der Waals surface area contributed by atoms with E-state index in [1.807, 2.05) is 0 Å². The lowest BCUT2D eigenvalue weighted by molar-refractivity contribution is -0.111. The molecule has 1 atom stereocenters. The maximum Gasteiger partial charge on any atom is 0.188 e. The van der Waals surface area contributed by atoms with Crippen LogP contribution in [0, 0.1) is 0 Å². The Bertz CT molecular complexity index is 91.1. The number of aliphatic hydroxyl groups excluding tert-OH is 1. The molecule has 0 radical (unpaired) electrons. The number of hydrogen-bond acceptors (Lipinski definition) is 3. The van der Waals surface area contributed by atoms with Crippen LogP contribution in [-0.4, -0.2) is 22.6 Å². The number of thioether (sulfide) groups is 1. The Labute approximate surface area is 59.6 Å². The summed E-state index contributed by atoms with van der Waals surface area (Å²) < 4.78 is 0. The zero-order valence-corrected chi connectivity index (χ0v) is 6.57. The molecule has 0 bridgehead atoms. The van der Waals surface area contributed by atoms with E-state index in [2.05, 4.69) is 0 Å². The van der Waals surface area contributed by atoms with Gasteiger partial charge in [-0.3, -0.25) is 4.79 Å². The molecule has 0 aliphatic rings. The van der Waals surface area contributed by atoms with Crippen LogP contribution < -0.4 is 0 Å². The quantitative estimate of drug-likeness (QED) is 0.649. The van der Waals surface area contributed by atoms with E-state index in [0.717, 1.165) is 0 Å². The van der Waals surface area contributed by atoms with Crippen molar-refractivity contribution in [3.8, 4) is 0 Å². The Morgan fingerprint density at radius 2 is 2.33 bits per heavy atom. The van der Waals surface area contributed by atoms with Crippen LogP contribution >= 0.6 is 11.8 Å². The summed E-state index contributed by atoms with van der Waals surface area (Å²) in [6, 6.07) is 0. The van der Waals surface area contributed by atoms with Crippen molar-refractivity contribution in [1.29, 1.82) is 0 Å². The van der Waals surface area contributed by atoms with Crippen molar-refractivity contribution in [1.82, 2.24) is 0 Å². The number of rotatable bonds is 3. The van der Waals surface area contributed by atoms with Crippen LogP contribution in [0.15, 0.2) is 0 Å². The minimum atomic E-state index is -0.346. The van der Waals surface area contributed by atoms with Crippen molar-refractivity contribution in [2.75, 3.05) is 6.26 Å². The van der Waals surface area contributed by atoms with E-state index in [0.29, 0.717) is 12.8 Å². The molecule has 0 fully saturated rings. The SMILES string of the molecule is CSC(=O)CCC(C)O. The Morgan fingerprint density at radius 3 is 2.67 bits per heavy atom. The number of carbonyl (C=O) groups excluding carboxylic acids is 1. The molecule has 0 aliphatic carbocycles. The zero-order chi connectivity index (χ0) is 7.28. The van der Waals surface area contributed by atoms with E-state index in [4.69, 9.17) is 5.11 Å². The lowest BCUT2D eigenvalue weighted by Gasteiger charge is -1.99. The van der Waals surface area contributed by atoms with E-state index >= 15 is 0 Å². The van der Waals surface area contributed by atoms with Crippen LogP contribution in [0.5, 0.6) is 0 Å². The smallest absolute Gasteiger partial charge is 0.188 e. The second-order valence-electron chi connectivity index (χ2n) is 1.96. The third-order valence-electron chi connectivity index (χ3n) is 0.994. The molecule has 1 N–H and O–H groups in total. The Morgan fingerprint density at radius 1 is 1.78 bits per heavy atom. The van der Waals surface area contributed by atoms with Crippen LogP contribution in [0.1, 0.15) is 19.8 Å². The van der Waals surface area contributed by atoms with Gasteiger partial charge in [0, 0.05) is 6.42 Å². The molecule has 0 spiro atoms. The molecule has 0 aromatic rings. The second-order valence-corrected chi connectivity index (χ2v) is 2.83. The van der Waals surface area contributed by atoms with Crippen LogP contribution in [0.3, 0.4) is 0 Å². The summed E-state index contributed by atoms with van der Waals surface area (Å²) in [5, 5.41) is 8.88. The largest absolute Gasteiger partial charge is 0.393 e. The summed E-state index contributed by atoms with van der Waals surface area (Å²) in [6.45, 7) is 1.69. The van der Waals surface area contributed by atoms with Gasteiger partial charge in [-0.25, -0.2) is 0 Å². The van der Waals surface area contributed by atoms with Gasteiger partial charge in [0.15, 0.2) is 5.12 Å². The van der Waals surface area contributed by atoms with Gasteiger partial charge in [0.25, 0.3) is 0 Å². The highest BCUT2D eigenvalue weighted by Crippen LogP contribution is 2.04. The van der Waals surface area contributed by atoms with E-state index in [-0.39, 0.29) is 11.2 Å². The molecule has 0 heterocycles. The van der Waals surface area contributed by atoms with E-state index in [9.17, 15) is 4.79 Å². The average Bonchev–Trinajstić information content (AvgIpc) is 1.83. The van der Waals surface area contributed by atoms with E-state index < -0.39 is 0 Å². The Balaban J connectivity index is 3.17. The fraction of sp³-hybridized carbons (Fsp3) is 0.833. The average molecular weight is 148 g/mol. The summed E-state index contributed by atoms with van der Waals surface area (Å²) in [5.41, 5.74) is 0. The number of hydrogen-bond donors (Lipinski definition) is 1. The van der Waals surface area contributed by atoms with Gasteiger partial charge in [-0.05, 0) is 19.6 Å². The maximum atomic E-state index is 10.6. The predicted octanol–water partition coefficient (Wildman–Crippen LogP) is 1.04. The molecule has 0 amide bonds. The van der Waals surface area contributed by atoms with Crippen LogP contribution in [0.25, 0.3) is 0 Å². The number of carbonyl (C=O) groups is 1. The van der Waals surface area contributed by atoms with Crippen molar-refractivity contribution in [2.45, 2.75) is 25.9 Å². The van der Waals surface area contributed by atoms with Crippen molar-refractivity contribution in [2.24, 2.45) is 0 Å². The predicted molar refractivity (Wildman–Crippen MR) is 39.4 cm³/mol. The highest BCUT2D eigenvalue weighted by Gasteiger charge is 2.00. The molecule has 54 valence electrons. The van der Waals surface area contributed by atoms with E-state index in [1.54, 1.807) is 13.2 Å². The molecule has 3 heteroatoms.